The molecular formula is C14H14N2O3. The minimum absolute atomic E-state index is 0.505. The average molecular weight is 258 g/mol. The van der Waals surface area contributed by atoms with Crippen molar-refractivity contribution in [2.45, 2.75) is 19.4 Å². The van der Waals surface area contributed by atoms with E-state index in [9.17, 15) is 4.79 Å². The van der Waals surface area contributed by atoms with E-state index in [1.807, 2.05) is 12.1 Å². The number of hydrogen-bond donors (Lipinski definition) is 1. The van der Waals surface area contributed by atoms with Crippen LogP contribution in [0.1, 0.15) is 13.8 Å². The molecule has 0 atom stereocenters. The summed E-state index contributed by atoms with van der Waals surface area (Å²) in [5.74, 6) is -0.502. The zero-order chi connectivity index (χ0) is 13.9. The minimum Gasteiger partial charge on any atom is -0.478 e. The Labute approximate surface area is 110 Å². The fraction of sp³-hybridized carbons (Fsp3) is 0.214. The highest BCUT2D eigenvalue weighted by molar-refractivity contribution is 5.76. The monoisotopic (exact) mass is 258 g/mol. The van der Waals surface area contributed by atoms with E-state index in [2.05, 4.69) is 9.97 Å². The molecule has 5 nitrogen and oxygen atoms in total. The van der Waals surface area contributed by atoms with E-state index < -0.39 is 11.6 Å². The Bertz CT molecular complexity index is 565. The molecule has 0 aliphatic heterocycles. The van der Waals surface area contributed by atoms with Crippen LogP contribution in [0.2, 0.25) is 0 Å². The molecule has 1 heterocycles. The second-order valence-electron chi connectivity index (χ2n) is 4.54. The van der Waals surface area contributed by atoms with Crippen LogP contribution in [0.25, 0.3) is 11.3 Å². The summed E-state index contributed by atoms with van der Waals surface area (Å²) < 4.78 is 5.42. The number of rotatable bonds is 4. The highest BCUT2D eigenvalue weighted by atomic mass is 16.5. The van der Waals surface area contributed by atoms with E-state index >= 15 is 0 Å². The number of carboxylic acids is 1. The molecule has 98 valence electrons. The van der Waals surface area contributed by atoms with Crippen LogP contribution in [-0.4, -0.2) is 26.6 Å². The topological polar surface area (TPSA) is 72.3 Å². The molecule has 1 aromatic carbocycles. The van der Waals surface area contributed by atoms with Crippen molar-refractivity contribution in [2.24, 2.45) is 0 Å². The van der Waals surface area contributed by atoms with E-state index in [4.69, 9.17) is 9.84 Å². The molecule has 2 rings (SSSR count). The largest absolute Gasteiger partial charge is 0.478 e. The zero-order valence-corrected chi connectivity index (χ0v) is 10.7. The van der Waals surface area contributed by atoms with Crippen molar-refractivity contribution in [3.63, 3.8) is 0 Å². The van der Waals surface area contributed by atoms with Gasteiger partial charge >= 0.3 is 5.97 Å². The summed E-state index contributed by atoms with van der Waals surface area (Å²) in [6.07, 6.45) is 3.15. The van der Waals surface area contributed by atoms with E-state index in [1.165, 1.54) is 20.2 Å². The molecule has 19 heavy (non-hydrogen) atoms. The van der Waals surface area contributed by atoms with Crippen molar-refractivity contribution in [3.8, 4) is 17.0 Å². The third-order valence-corrected chi connectivity index (χ3v) is 2.62. The average Bonchev–Trinajstić information content (AvgIpc) is 2.40. The van der Waals surface area contributed by atoms with Crippen molar-refractivity contribution >= 4 is 5.97 Å². The Morgan fingerprint density at radius 2 is 1.89 bits per heavy atom. The van der Waals surface area contributed by atoms with Gasteiger partial charge in [0.25, 0.3) is 0 Å². The third-order valence-electron chi connectivity index (χ3n) is 2.62. The number of carbonyl (C=O) groups is 1. The summed E-state index contributed by atoms with van der Waals surface area (Å²) >= 11 is 0. The summed E-state index contributed by atoms with van der Waals surface area (Å²) in [6, 6.07) is 8.91. The van der Waals surface area contributed by atoms with Crippen LogP contribution in [0.4, 0.5) is 0 Å². The second-order valence-corrected chi connectivity index (χ2v) is 4.54. The highest BCUT2D eigenvalue weighted by Crippen LogP contribution is 2.23. The van der Waals surface area contributed by atoms with Crippen molar-refractivity contribution in [1.82, 2.24) is 9.97 Å². The molecular weight excluding hydrogens is 244 g/mol. The van der Waals surface area contributed by atoms with Gasteiger partial charge in [0.15, 0.2) is 5.60 Å². The Morgan fingerprint density at radius 3 is 2.42 bits per heavy atom. The first kappa shape index (κ1) is 13.0. The molecule has 0 saturated heterocycles. The van der Waals surface area contributed by atoms with E-state index in [0.29, 0.717) is 5.75 Å². The predicted molar refractivity (Wildman–Crippen MR) is 69.8 cm³/mol. The molecule has 0 aliphatic carbocycles. The first-order valence-corrected chi connectivity index (χ1v) is 5.78. The van der Waals surface area contributed by atoms with Gasteiger partial charge in [0.1, 0.15) is 12.1 Å². The van der Waals surface area contributed by atoms with Crippen LogP contribution in [0.15, 0.2) is 42.9 Å². The van der Waals surface area contributed by atoms with Crippen LogP contribution in [-0.2, 0) is 4.79 Å². The predicted octanol–water partition coefficient (Wildman–Crippen LogP) is 2.39. The van der Waals surface area contributed by atoms with Crippen molar-refractivity contribution in [2.75, 3.05) is 0 Å². The van der Waals surface area contributed by atoms with Gasteiger partial charge in [-0.1, -0.05) is 0 Å². The number of hydrogen-bond acceptors (Lipinski definition) is 4. The fourth-order valence-electron chi connectivity index (χ4n) is 1.49. The summed E-state index contributed by atoms with van der Waals surface area (Å²) in [7, 11) is 0. The van der Waals surface area contributed by atoms with Gasteiger partial charge in [-0.3, -0.25) is 0 Å². The molecule has 5 heteroatoms. The normalized spacial score (nSPS) is 11.1. The van der Waals surface area contributed by atoms with E-state index in [0.717, 1.165) is 11.3 Å². The molecule has 0 radical (unpaired) electrons. The quantitative estimate of drug-likeness (QED) is 0.911. The van der Waals surface area contributed by atoms with Gasteiger partial charge in [-0.25, -0.2) is 14.8 Å². The maximum Gasteiger partial charge on any atom is 0.347 e. The lowest BCUT2D eigenvalue weighted by Gasteiger charge is -2.21. The van der Waals surface area contributed by atoms with Crippen molar-refractivity contribution in [3.05, 3.63) is 42.9 Å². The lowest BCUT2D eigenvalue weighted by molar-refractivity contribution is -0.152. The van der Waals surface area contributed by atoms with Crippen LogP contribution in [0.3, 0.4) is 0 Å². The Balaban J connectivity index is 2.18. The van der Waals surface area contributed by atoms with Crippen molar-refractivity contribution < 1.29 is 14.6 Å². The SMILES string of the molecule is CC(C)(Oc1ccc(-c2ccncn2)cc1)C(=O)O. The van der Waals surface area contributed by atoms with Gasteiger partial charge in [-0.2, -0.15) is 0 Å². The van der Waals surface area contributed by atoms with Crippen LogP contribution in [0.5, 0.6) is 5.75 Å². The van der Waals surface area contributed by atoms with Gasteiger partial charge in [-0.15, -0.1) is 0 Å². The van der Waals surface area contributed by atoms with Crippen LogP contribution >= 0.6 is 0 Å². The summed E-state index contributed by atoms with van der Waals surface area (Å²) in [6.45, 7) is 3.02. The van der Waals surface area contributed by atoms with Gasteiger partial charge in [0, 0.05) is 11.8 Å². The van der Waals surface area contributed by atoms with Gasteiger partial charge in [-0.05, 0) is 44.2 Å². The van der Waals surface area contributed by atoms with Gasteiger partial charge in [0.2, 0.25) is 0 Å². The molecule has 2 aromatic rings. The van der Waals surface area contributed by atoms with Gasteiger partial charge < -0.3 is 9.84 Å². The zero-order valence-electron chi connectivity index (χ0n) is 10.7. The Kier molecular flexibility index (Phi) is 3.46. The minimum atomic E-state index is -1.25. The molecule has 0 saturated carbocycles. The third kappa shape index (κ3) is 3.07. The standard InChI is InChI=1S/C14H14N2O3/c1-14(2,13(17)18)19-11-5-3-10(4-6-11)12-7-8-15-9-16-12/h3-9H,1-2H3,(H,17,18). The highest BCUT2D eigenvalue weighted by Gasteiger charge is 2.29. The summed E-state index contributed by atoms with van der Waals surface area (Å²) in [4.78, 5) is 19.0. The molecule has 0 unspecified atom stereocenters. The summed E-state index contributed by atoms with van der Waals surface area (Å²) in [5.41, 5.74) is 0.470. The number of benzene rings is 1. The first-order valence-electron chi connectivity index (χ1n) is 5.78. The molecule has 0 amide bonds. The Hall–Kier alpha value is -2.43. The Morgan fingerprint density at radius 1 is 1.21 bits per heavy atom. The maximum absolute atomic E-state index is 11.0. The molecule has 1 aromatic heterocycles. The fourth-order valence-corrected chi connectivity index (χ4v) is 1.49. The second kappa shape index (κ2) is 5.06. The molecule has 0 aliphatic rings. The summed E-state index contributed by atoms with van der Waals surface area (Å²) in [5, 5.41) is 8.99. The number of ether oxygens (including phenoxy) is 1. The number of nitrogens with zero attached hydrogens (tertiary/aromatic N) is 2. The molecule has 0 bridgehead atoms. The maximum atomic E-state index is 11.0. The van der Waals surface area contributed by atoms with Crippen LogP contribution in [0, 0.1) is 0 Å². The molecule has 1 N–H and O–H groups in total. The lowest BCUT2D eigenvalue weighted by Crippen LogP contribution is -2.37. The molecule has 0 spiro atoms. The molecule has 0 fully saturated rings. The van der Waals surface area contributed by atoms with Gasteiger partial charge in [0.05, 0.1) is 5.69 Å². The number of aromatic nitrogens is 2. The van der Waals surface area contributed by atoms with E-state index in [-0.39, 0.29) is 0 Å². The van der Waals surface area contributed by atoms with E-state index in [1.54, 1.807) is 24.4 Å². The van der Waals surface area contributed by atoms with Crippen molar-refractivity contribution in [1.29, 1.82) is 0 Å². The first-order chi connectivity index (χ1) is 8.99. The number of aliphatic carboxylic acids is 1. The van der Waals surface area contributed by atoms with Crippen LogP contribution < -0.4 is 4.74 Å². The number of carboxylic acid groups (broad SMARTS) is 1. The lowest BCUT2D eigenvalue weighted by atomic mass is 10.1. The smallest absolute Gasteiger partial charge is 0.347 e.